The molecular formula is C9H13NO2. The molecule has 3 heteroatoms. The fraction of sp³-hybridized carbons (Fsp3) is 0.333. The summed E-state index contributed by atoms with van der Waals surface area (Å²) in [4.78, 5) is 0. The molecule has 0 heterocycles. The lowest BCUT2D eigenvalue weighted by Crippen LogP contribution is -2.04. The zero-order chi connectivity index (χ0) is 9.30. The monoisotopic (exact) mass is 167 g/mol. The maximum Gasteiger partial charge on any atom is 0.122 e. The first-order chi connectivity index (χ1) is 5.52. The molecule has 0 fully saturated rings. The van der Waals surface area contributed by atoms with Gasteiger partial charge in [-0.25, -0.2) is 0 Å². The van der Waals surface area contributed by atoms with Gasteiger partial charge in [0.25, 0.3) is 0 Å². The molecule has 0 bridgehead atoms. The molecule has 0 amide bonds. The average molecular weight is 167 g/mol. The maximum atomic E-state index is 9.31. The minimum absolute atomic E-state index is 0.0855. The quantitative estimate of drug-likeness (QED) is 0.592. The van der Waals surface area contributed by atoms with Crippen molar-refractivity contribution in [3.05, 3.63) is 23.3 Å². The van der Waals surface area contributed by atoms with E-state index in [1.165, 1.54) is 0 Å². The molecule has 3 nitrogen and oxygen atoms in total. The molecule has 1 rings (SSSR count). The molecule has 0 saturated heterocycles. The zero-order valence-corrected chi connectivity index (χ0v) is 7.20. The SMILES string of the molecule is Cc1c(O)cc([C@@H](C)N)cc1O. The Hall–Kier alpha value is -1.22. The van der Waals surface area contributed by atoms with Gasteiger partial charge in [-0.1, -0.05) is 0 Å². The number of benzene rings is 1. The average Bonchev–Trinajstić information content (AvgIpc) is 1.99. The van der Waals surface area contributed by atoms with Crippen molar-refractivity contribution in [2.75, 3.05) is 0 Å². The van der Waals surface area contributed by atoms with E-state index in [1.807, 2.05) is 0 Å². The third kappa shape index (κ3) is 1.51. The Morgan fingerprint density at radius 1 is 1.25 bits per heavy atom. The molecule has 0 aliphatic rings. The van der Waals surface area contributed by atoms with Crippen LogP contribution < -0.4 is 5.73 Å². The molecule has 0 aliphatic carbocycles. The van der Waals surface area contributed by atoms with Crippen LogP contribution in [0.2, 0.25) is 0 Å². The molecule has 0 saturated carbocycles. The number of aromatic hydroxyl groups is 2. The summed E-state index contributed by atoms with van der Waals surface area (Å²) in [6, 6.07) is 2.96. The minimum atomic E-state index is -0.178. The van der Waals surface area contributed by atoms with E-state index in [2.05, 4.69) is 0 Å². The van der Waals surface area contributed by atoms with E-state index >= 15 is 0 Å². The number of phenols is 2. The van der Waals surface area contributed by atoms with Crippen molar-refractivity contribution in [1.82, 2.24) is 0 Å². The lowest BCUT2D eigenvalue weighted by molar-refractivity contribution is 0.441. The summed E-state index contributed by atoms with van der Waals surface area (Å²) < 4.78 is 0. The molecule has 0 radical (unpaired) electrons. The van der Waals surface area contributed by atoms with Crippen molar-refractivity contribution < 1.29 is 10.2 Å². The molecule has 0 unspecified atom stereocenters. The highest BCUT2D eigenvalue weighted by atomic mass is 16.3. The molecule has 1 atom stereocenters. The number of hydrogen-bond acceptors (Lipinski definition) is 3. The molecule has 1 aromatic rings. The summed E-state index contributed by atoms with van der Waals surface area (Å²) in [5.41, 5.74) is 6.80. The predicted octanol–water partition coefficient (Wildman–Crippen LogP) is 1.43. The first-order valence-electron chi connectivity index (χ1n) is 3.80. The van der Waals surface area contributed by atoms with Gasteiger partial charge in [0.2, 0.25) is 0 Å². The maximum absolute atomic E-state index is 9.31. The van der Waals surface area contributed by atoms with Crippen molar-refractivity contribution in [2.24, 2.45) is 5.73 Å². The van der Waals surface area contributed by atoms with Crippen molar-refractivity contribution in [3.8, 4) is 11.5 Å². The Morgan fingerprint density at radius 2 is 1.67 bits per heavy atom. The van der Waals surface area contributed by atoms with E-state index in [4.69, 9.17) is 5.73 Å². The number of phenolic OH excluding ortho intramolecular Hbond substituents is 2. The highest BCUT2D eigenvalue weighted by Gasteiger charge is 2.07. The Labute approximate surface area is 71.5 Å². The van der Waals surface area contributed by atoms with Gasteiger partial charge < -0.3 is 15.9 Å². The summed E-state index contributed by atoms with van der Waals surface area (Å²) >= 11 is 0. The molecule has 0 spiro atoms. The van der Waals surface area contributed by atoms with Crippen LogP contribution in [0, 0.1) is 6.92 Å². The molecular weight excluding hydrogens is 154 g/mol. The minimum Gasteiger partial charge on any atom is -0.508 e. The van der Waals surface area contributed by atoms with Gasteiger partial charge >= 0.3 is 0 Å². The van der Waals surface area contributed by atoms with Gasteiger partial charge in [-0.3, -0.25) is 0 Å². The van der Waals surface area contributed by atoms with Gasteiger partial charge in [-0.2, -0.15) is 0 Å². The topological polar surface area (TPSA) is 66.5 Å². The van der Waals surface area contributed by atoms with Crippen molar-refractivity contribution >= 4 is 0 Å². The summed E-state index contributed by atoms with van der Waals surface area (Å²) in [6.45, 7) is 3.44. The second-order valence-electron chi connectivity index (χ2n) is 2.97. The van der Waals surface area contributed by atoms with E-state index in [0.29, 0.717) is 5.56 Å². The van der Waals surface area contributed by atoms with E-state index in [1.54, 1.807) is 26.0 Å². The van der Waals surface area contributed by atoms with Crippen molar-refractivity contribution in [1.29, 1.82) is 0 Å². The fourth-order valence-electron chi connectivity index (χ4n) is 0.968. The highest BCUT2D eigenvalue weighted by molar-refractivity contribution is 5.46. The van der Waals surface area contributed by atoms with E-state index in [-0.39, 0.29) is 17.5 Å². The van der Waals surface area contributed by atoms with Crippen LogP contribution in [0.5, 0.6) is 11.5 Å². The summed E-state index contributed by atoms with van der Waals surface area (Å²) in [5, 5.41) is 18.6. The Kier molecular flexibility index (Phi) is 2.24. The lowest BCUT2D eigenvalue weighted by Gasteiger charge is -2.09. The molecule has 0 aliphatic heterocycles. The Balaban J connectivity index is 3.21. The number of hydrogen-bond donors (Lipinski definition) is 3. The van der Waals surface area contributed by atoms with Crippen LogP contribution >= 0.6 is 0 Å². The summed E-state index contributed by atoms with van der Waals surface area (Å²) in [7, 11) is 0. The van der Waals surface area contributed by atoms with Gasteiger partial charge in [-0.05, 0) is 31.5 Å². The summed E-state index contributed by atoms with van der Waals surface area (Å²) in [5.74, 6) is 0.171. The Bertz CT molecular complexity index is 272. The lowest BCUT2D eigenvalue weighted by atomic mass is 10.1. The second kappa shape index (κ2) is 3.03. The third-order valence-electron chi connectivity index (χ3n) is 1.90. The first-order valence-corrected chi connectivity index (χ1v) is 3.80. The van der Waals surface area contributed by atoms with Gasteiger partial charge in [0.15, 0.2) is 0 Å². The van der Waals surface area contributed by atoms with Gasteiger partial charge in [-0.15, -0.1) is 0 Å². The van der Waals surface area contributed by atoms with Crippen molar-refractivity contribution in [2.45, 2.75) is 19.9 Å². The summed E-state index contributed by atoms with van der Waals surface area (Å²) in [6.07, 6.45) is 0. The third-order valence-corrected chi connectivity index (χ3v) is 1.90. The van der Waals surface area contributed by atoms with Crippen LogP contribution in [0.4, 0.5) is 0 Å². The molecule has 0 aromatic heterocycles. The number of rotatable bonds is 1. The standard InChI is InChI=1S/C9H13NO2/c1-5-8(11)3-7(6(2)10)4-9(5)12/h3-4,6,11-12H,10H2,1-2H3/t6-/m1/s1. The van der Waals surface area contributed by atoms with E-state index < -0.39 is 0 Å². The normalized spacial score (nSPS) is 12.9. The largest absolute Gasteiger partial charge is 0.508 e. The van der Waals surface area contributed by atoms with Crippen LogP contribution in [0.25, 0.3) is 0 Å². The van der Waals surface area contributed by atoms with Crippen LogP contribution in [-0.4, -0.2) is 10.2 Å². The van der Waals surface area contributed by atoms with Crippen LogP contribution in [0.3, 0.4) is 0 Å². The van der Waals surface area contributed by atoms with Gasteiger partial charge in [0.1, 0.15) is 11.5 Å². The highest BCUT2D eigenvalue weighted by Crippen LogP contribution is 2.29. The molecule has 66 valence electrons. The van der Waals surface area contributed by atoms with Gasteiger partial charge in [0.05, 0.1) is 0 Å². The molecule has 12 heavy (non-hydrogen) atoms. The van der Waals surface area contributed by atoms with Crippen LogP contribution in [-0.2, 0) is 0 Å². The van der Waals surface area contributed by atoms with E-state index in [0.717, 1.165) is 5.56 Å². The predicted molar refractivity (Wildman–Crippen MR) is 47.1 cm³/mol. The van der Waals surface area contributed by atoms with Crippen LogP contribution in [0.15, 0.2) is 12.1 Å². The van der Waals surface area contributed by atoms with Crippen molar-refractivity contribution in [3.63, 3.8) is 0 Å². The Morgan fingerprint density at radius 3 is 2.00 bits per heavy atom. The number of nitrogens with two attached hydrogens (primary N) is 1. The zero-order valence-electron chi connectivity index (χ0n) is 7.20. The fourth-order valence-corrected chi connectivity index (χ4v) is 0.968. The molecule has 4 N–H and O–H groups in total. The first kappa shape index (κ1) is 8.87. The second-order valence-corrected chi connectivity index (χ2v) is 2.97. The smallest absolute Gasteiger partial charge is 0.122 e. The van der Waals surface area contributed by atoms with Crippen LogP contribution in [0.1, 0.15) is 24.1 Å². The van der Waals surface area contributed by atoms with Gasteiger partial charge in [0, 0.05) is 11.6 Å². The van der Waals surface area contributed by atoms with E-state index in [9.17, 15) is 10.2 Å². The molecule has 1 aromatic carbocycles.